The molecule has 0 aliphatic carbocycles. The Hall–Kier alpha value is -2.47. The standard InChI is InChI=1S/C17H16F2N2O2/c18-12-5-11(6-13(19)7-12)16-3-1-2-4-17(16)22-10-15-8-14(9-20)21-23-15/h1-7,15H,8-10,20H2. The quantitative estimate of drug-likeness (QED) is 0.921. The van der Waals surface area contributed by atoms with Crippen LogP contribution in [0.1, 0.15) is 6.42 Å². The molecule has 3 rings (SSSR count). The molecule has 4 nitrogen and oxygen atoms in total. The summed E-state index contributed by atoms with van der Waals surface area (Å²) in [5.41, 5.74) is 7.34. The highest BCUT2D eigenvalue weighted by Crippen LogP contribution is 2.31. The molecule has 1 unspecified atom stereocenters. The van der Waals surface area contributed by atoms with Crippen molar-refractivity contribution in [2.45, 2.75) is 12.5 Å². The topological polar surface area (TPSA) is 56.8 Å². The van der Waals surface area contributed by atoms with Crippen LogP contribution in [0.3, 0.4) is 0 Å². The zero-order chi connectivity index (χ0) is 16.2. The lowest BCUT2D eigenvalue weighted by Gasteiger charge is -2.14. The zero-order valence-corrected chi connectivity index (χ0v) is 12.3. The summed E-state index contributed by atoms with van der Waals surface area (Å²) in [6, 6.07) is 10.5. The van der Waals surface area contributed by atoms with Gasteiger partial charge in [-0.2, -0.15) is 0 Å². The Labute approximate surface area is 132 Å². The van der Waals surface area contributed by atoms with Gasteiger partial charge in [-0.1, -0.05) is 23.4 Å². The average Bonchev–Trinajstić information content (AvgIpc) is 3.00. The Kier molecular flexibility index (Phi) is 4.52. The molecule has 0 fully saturated rings. The van der Waals surface area contributed by atoms with Gasteiger partial charge in [0.05, 0.1) is 5.71 Å². The summed E-state index contributed by atoms with van der Waals surface area (Å²) in [6.45, 7) is 0.636. The fourth-order valence-corrected chi connectivity index (χ4v) is 2.42. The van der Waals surface area contributed by atoms with Crippen LogP contribution in [0.15, 0.2) is 47.6 Å². The van der Waals surface area contributed by atoms with Crippen LogP contribution in [0.2, 0.25) is 0 Å². The molecule has 23 heavy (non-hydrogen) atoms. The minimum Gasteiger partial charge on any atom is -0.489 e. The van der Waals surface area contributed by atoms with Crippen LogP contribution in [0.4, 0.5) is 8.78 Å². The van der Waals surface area contributed by atoms with E-state index in [1.54, 1.807) is 24.3 Å². The molecule has 0 aromatic heterocycles. The molecule has 1 atom stereocenters. The number of nitrogens with two attached hydrogens (primary N) is 1. The number of oxime groups is 1. The highest BCUT2D eigenvalue weighted by Gasteiger charge is 2.21. The van der Waals surface area contributed by atoms with E-state index in [0.29, 0.717) is 29.8 Å². The van der Waals surface area contributed by atoms with Gasteiger partial charge < -0.3 is 15.3 Å². The van der Waals surface area contributed by atoms with E-state index in [9.17, 15) is 8.78 Å². The lowest BCUT2D eigenvalue weighted by molar-refractivity contribution is 0.0472. The Morgan fingerprint density at radius 1 is 1.17 bits per heavy atom. The number of benzene rings is 2. The first-order chi connectivity index (χ1) is 11.2. The van der Waals surface area contributed by atoms with Crippen LogP contribution >= 0.6 is 0 Å². The van der Waals surface area contributed by atoms with E-state index >= 15 is 0 Å². The molecule has 0 saturated heterocycles. The van der Waals surface area contributed by atoms with Gasteiger partial charge in [0.15, 0.2) is 6.10 Å². The van der Waals surface area contributed by atoms with Gasteiger partial charge in [0.1, 0.15) is 24.0 Å². The molecule has 6 heteroatoms. The van der Waals surface area contributed by atoms with Crippen molar-refractivity contribution in [2.24, 2.45) is 10.9 Å². The summed E-state index contributed by atoms with van der Waals surface area (Å²) < 4.78 is 32.6. The molecule has 1 aliphatic heterocycles. The van der Waals surface area contributed by atoms with E-state index < -0.39 is 11.6 Å². The minimum absolute atomic E-state index is 0.203. The van der Waals surface area contributed by atoms with Gasteiger partial charge in [0.2, 0.25) is 0 Å². The largest absolute Gasteiger partial charge is 0.489 e. The third-order valence-electron chi connectivity index (χ3n) is 3.52. The first-order valence-electron chi connectivity index (χ1n) is 7.25. The van der Waals surface area contributed by atoms with Crippen molar-refractivity contribution in [3.8, 4) is 16.9 Å². The predicted octanol–water partition coefficient (Wildman–Crippen LogP) is 3.11. The maximum atomic E-state index is 13.4. The number of rotatable bonds is 5. The van der Waals surface area contributed by atoms with Crippen molar-refractivity contribution in [1.29, 1.82) is 0 Å². The second-order valence-electron chi connectivity index (χ2n) is 5.26. The zero-order valence-electron chi connectivity index (χ0n) is 12.3. The average molecular weight is 318 g/mol. The first-order valence-corrected chi connectivity index (χ1v) is 7.25. The van der Waals surface area contributed by atoms with Crippen molar-refractivity contribution >= 4 is 5.71 Å². The van der Waals surface area contributed by atoms with Gasteiger partial charge in [-0.3, -0.25) is 0 Å². The number of halogens is 2. The van der Waals surface area contributed by atoms with Crippen LogP contribution in [0, 0.1) is 11.6 Å². The number of hydrogen-bond acceptors (Lipinski definition) is 4. The highest BCUT2D eigenvalue weighted by atomic mass is 19.1. The minimum atomic E-state index is -0.630. The van der Waals surface area contributed by atoms with Crippen molar-refractivity contribution in [2.75, 3.05) is 13.2 Å². The van der Waals surface area contributed by atoms with Crippen LogP contribution in [-0.2, 0) is 4.84 Å². The summed E-state index contributed by atoms with van der Waals surface area (Å²) in [5, 5.41) is 3.86. The molecule has 2 aromatic rings. The van der Waals surface area contributed by atoms with Crippen LogP contribution in [0.5, 0.6) is 5.75 Å². The number of nitrogens with zero attached hydrogens (tertiary/aromatic N) is 1. The number of para-hydroxylation sites is 1. The molecule has 0 amide bonds. The molecule has 2 aromatic carbocycles. The Balaban J connectivity index is 1.76. The van der Waals surface area contributed by atoms with Crippen molar-refractivity contribution in [3.63, 3.8) is 0 Å². The molecule has 0 saturated carbocycles. The summed E-state index contributed by atoms with van der Waals surface area (Å²) in [4.78, 5) is 5.22. The maximum absolute atomic E-state index is 13.4. The first kappa shape index (κ1) is 15.4. The fourth-order valence-electron chi connectivity index (χ4n) is 2.42. The second-order valence-corrected chi connectivity index (χ2v) is 5.26. The Morgan fingerprint density at radius 3 is 2.61 bits per heavy atom. The molecule has 0 bridgehead atoms. The smallest absolute Gasteiger partial charge is 0.166 e. The van der Waals surface area contributed by atoms with E-state index in [4.69, 9.17) is 15.3 Å². The molecule has 2 N–H and O–H groups in total. The lowest BCUT2D eigenvalue weighted by Crippen LogP contribution is -2.20. The molecule has 120 valence electrons. The third-order valence-corrected chi connectivity index (χ3v) is 3.52. The van der Waals surface area contributed by atoms with Gasteiger partial charge in [-0.25, -0.2) is 8.78 Å². The normalized spacial score (nSPS) is 16.8. The summed E-state index contributed by atoms with van der Waals surface area (Å²) >= 11 is 0. The van der Waals surface area contributed by atoms with Gasteiger partial charge >= 0.3 is 0 Å². The Morgan fingerprint density at radius 2 is 1.91 bits per heavy atom. The van der Waals surface area contributed by atoms with Gasteiger partial charge in [-0.05, 0) is 23.8 Å². The molecular weight excluding hydrogens is 302 g/mol. The SMILES string of the molecule is NCC1=NOC(COc2ccccc2-c2cc(F)cc(F)c2)C1. The van der Waals surface area contributed by atoms with E-state index in [0.717, 1.165) is 11.8 Å². The van der Waals surface area contributed by atoms with E-state index in [-0.39, 0.29) is 12.7 Å². The van der Waals surface area contributed by atoms with Crippen LogP contribution in [0.25, 0.3) is 11.1 Å². The number of hydrogen-bond donors (Lipinski definition) is 1. The third kappa shape index (κ3) is 3.65. The van der Waals surface area contributed by atoms with Crippen LogP contribution in [-0.4, -0.2) is 25.0 Å². The van der Waals surface area contributed by atoms with Gasteiger partial charge in [-0.15, -0.1) is 0 Å². The number of ether oxygens (including phenoxy) is 1. The van der Waals surface area contributed by atoms with Crippen molar-refractivity contribution < 1.29 is 18.4 Å². The summed E-state index contributed by atoms with van der Waals surface area (Å²) in [6.07, 6.45) is 0.415. The second kappa shape index (κ2) is 6.75. The molecule has 0 radical (unpaired) electrons. The highest BCUT2D eigenvalue weighted by molar-refractivity contribution is 5.87. The van der Waals surface area contributed by atoms with Crippen molar-refractivity contribution in [3.05, 3.63) is 54.1 Å². The molecular formula is C17H16F2N2O2. The summed E-state index contributed by atoms with van der Waals surface area (Å²) in [5.74, 6) is -0.730. The van der Waals surface area contributed by atoms with E-state index in [2.05, 4.69) is 5.16 Å². The summed E-state index contributed by atoms with van der Waals surface area (Å²) in [7, 11) is 0. The van der Waals surface area contributed by atoms with E-state index in [1.807, 2.05) is 0 Å². The van der Waals surface area contributed by atoms with Gasteiger partial charge in [0.25, 0.3) is 0 Å². The predicted molar refractivity (Wildman–Crippen MR) is 83.3 cm³/mol. The lowest BCUT2D eigenvalue weighted by atomic mass is 10.0. The van der Waals surface area contributed by atoms with Crippen LogP contribution < -0.4 is 10.5 Å². The molecule has 1 aliphatic rings. The monoisotopic (exact) mass is 318 g/mol. The Bertz CT molecular complexity index is 714. The maximum Gasteiger partial charge on any atom is 0.166 e. The molecule has 0 spiro atoms. The van der Waals surface area contributed by atoms with Crippen molar-refractivity contribution in [1.82, 2.24) is 0 Å². The fraction of sp³-hybridized carbons (Fsp3) is 0.235. The van der Waals surface area contributed by atoms with E-state index in [1.165, 1.54) is 12.1 Å². The van der Waals surface area contributed by atoms with Gasteiger partial charge in [0, 0.05) is 24.6 Å². The molecule has 1 heterocycles.